The molecule has 0 aromatic carbocycles. The van der Waals surface area contributed by atoms with Gasteiger partial charge in [0.25, 0.3) is 0 Å². The molecule has 1 aromatic heterocycles. The first-order valence-electron chi connectivity index (χ1n) is 1.83. The van der Waals surface area contributed by atoms with Gasteiger partial charge >= 0.3 is 0 Å². The Balaban J connectivity index is 0.000000490. The number of rotatable bonds is 0. The molecule has 1 heterocycles. The van der Waals surface area contributed by atoms with E-state index in [1.54, 1.807) is 0 Å². The zero-order chi connectivity index (χ0) is 5.11. The lowest BCUT2D eigenvalue weighted by Crippen LogP contribution is -1.70. The van der Waals surface area contributed by atoms with E-state index in [9.17, 15) is 0 Å². The van der Waals surface area contributed by atoms with Crippen molar-refractivity contribution in [1.82, 2.24) is 9.97 Å². The SMILES string of the molecule is C.Oc1cncnc1. The molecule has 0 aliphatic carbocycles. The summed E-state index contributed by atoms with van der Waals surface area (Å²) in [5.74, 6) is 0.0995. The van der Waals surface area contributed by atoms with Gasteiger partial charge in [-0.2, -0.15) is 0 Å². The Morgan fingerprint density at radius 3 is 2.00 bits per heavy atom. The highest BCUT2D eigenvalue weighted by atomic mass is 16.3. The average Bonchev–Trinajstić information content (AvgIpc) is 1.69. The van der Waals surface area contributed by atoms with Gasteiger partial charge in [-0.05, 0) is 0 Å². The maximum atomic E-state index is 8.51. The predicted molar refractivity (Wildman–Crippen MR) is 30.4 cm³/mol. The zero-order valence-electron chi connectivity index (χ0n) is 3.57. The Hall–Kier alpha value is -1.12. The Morgan fingerprint density at radius 1 is 1.25 bits per heavy atom. The second-order valence-electron chi connectivity index (χ2n) is 1.10. The number of hydrogen-bond acceptors (Lipinski definition) is 3. The zero-order valence-corrected chi connectivity index (χ0v) is 3.57. The molecule has 0 unspecified atom stereocenters. The van der Waals surface area contributed by atoms with Crippen molar-refractivity contribution in [2.75, 3.05) is 0 Å². The van der Waals surface area contributed by atoms with Crippen molar-refractivity contribution >= 4 is 0 Å². The fraction of sp³-hybridized carbons (Fsp3) is 0.200. The van der Waals surface area contributed by atoms with Crippen LogP contribution >= 0.6 is 0 Å². The normalized spacial score (nSPS) is 7.50. The van der Waals surface area contributed by atoms with Gasteiger partial charge in [-0.15, -0.1) is 0 Å². The molecule has 44 valence electrons. The Labute approximate surface area is 48.0 Å². The van der Waals surface area contributed by atoms with Crippen LogP contribution in [0.5, 0.6) is 5.75 Å². The minimum absolute atomic E-state index is 0. The van der Waals surface area contributed by atoms with Gasteiger partial charge in [0.05, 0.1) is 12.4 Å². The monoisotopic (exact) mass is 112 g/mol. The first-order chi connectivity index (χ1) is 3.39. The lowest BCUT2D eigenvalue weighted by Gasteiger charge is -1.81. The minimum Gasteiger partial charge on any atom is -0.505 e. The summed E-state index contributed by atoms with van der Waals surface area (Å²) in [5, 5.41) is 8.51. The van der Waals surface area contributed by atoms with Gasteiger partial charge in [-0.25, -0.2) is 9.97 Å². The van der Waals surface area contributed by atoms with Gasteiger partial charge < -0.3 is 5.11 Å². The average molecular weight is 112 g/mol. The molecule has 3 nitrogen and oxygen atoms in total. The molecular formula is C5H8N2O. The highest BCUT2D eigenvalue weighted by molar-refractivity contribution is 5.06. The minimum atomic E-state index is 0. The first-order valence-corrected chi connectivity index (χ1v) is 1.83. The van der Waals surface area contributed by atoms with Crippen molar-refractivity contribution in [3.63, 3.8) is 0 Å². The van der Waals surface area contributed by atoms with Crippen LogP contribution in [0.1, 0.15) is 7.43 Å². The summed E-state index contributed by atoms with van der Waals surface area (Å²) in [4.78, 5) is 7.05. The highest BCUT2D eigenvalue weighted by Gasteiger charge is 1.77. The van der Waals surface area contributed by atoms with Gasteiger partial charge in [-0.3, -0.25) is 0 Å². The van der Waals surface area contributed by atoms with Crippen molar-refractivity contribution in [3.8, 4) is 5.75 Å². The van der Waals surface area contributed by atoms with Crippen molar-refractivity contribution in [3.05, 3.63) is 18.7 Å². The second-order valence-corrected chi connectivity index (χ2v) is 1.10. The fourth-order valence-electron chi connectivity index (χ4n) is 0.291. The summed E-state index contributed by atoms with van der Waals surface area (Å²) in [6, 6.07) is 0. The van der Waals surface area contributed by atoms with Crippen LogP contribution < -0.4 is 0 Å². The summed E-state index contributed by atoms with van der Waals surface area (Å²) in [7, 11) is 0. The third-order valence-electron chi connectivity index (χ3n) is 0.547. The quantitative estimate of drug-likeness (QED) is 0.540. The molecule has 0 aliphatic heterocycles. The van der Waals surface area contributed by atoms with Gasteiger partial charge in [0.1, 0.15) is 6.33 Å². The van der Waals surface area contributed by atoms with Crippen LogP contribution in [0.2, 0.25) is 0 Å². The van der Waals surface area contributed by atoms with E-state index in [4.69, 9.17) is 5.11 Å². The van der Waals surface area contributed by atoms with Crippen LogP contribution in [0.3, 0.4) is 0 Å². The van der Waals surface area contributed by atoms with E-state index in [-0.39, 0.29) is 13.2 Å². The maximum absolute atomic E-state index is 8.51. The molecule has 0 saturated heterocycles. The van der Waals surface area contributed by atoms with Crippen LogP contribution in [0.15, 0.2) is 18.7 Å². The molecule has 3 heteroatoms. The summed E-state index contributed by atoms with van der Waals surface area (Å²) in [5.41, 5.74) is 0. The van der Waals surface area contributed by atoms with E-state index in [2.05, 4.69) is 9.97 Å². The van der Waals surface area contributed by atoms with Crippen molar-refractivity contribution in [1.29, 1.82) is 0 Å². The molecule has 0 radical (unpaired) electrons. The molecule has 1 aromatic rings. The molecule has 0 amide bonds. The molecule has 1 N–H and O–H groups in total. The molecule has 0 spiro atoms. The fourth-order valence-corrected chi connectivity index (χ4v) is 0.291. The van der Waals surface area contributed by atoms with Gasteiger partial charge in [0.2, 0.25) is 0 Å². The summed E-state index contributed by atoms with van der Waals surface area (Å²) < 4.78 is 0. The molecular weight excluding hydrogens is 104 g/mol. The van der Waals surface area contributed by atoms with Crippen molar-refractivity contribution in [2.24, 2.45) is 0 Å². The molecule has 0 aliphatic rings. The first kappa shape index (κ1) is 6.88. The molecule has 1 rings (SSSR count). The number of aromatic hydroxyl groups is 1. The molecule has 0 saturated carbocycles. The van der Waals surface area contributed by atoms with Crippen LogP contribution in [0.4, 0.5) is 0 Å². The molecule has 0 atom stereocenters. The summed E-state index contributed by atoms with van der Waals surface area (Å²) >= 11 is 0. The molecule has 0 fully saturated rings. The van der Waals surface area contributed by atoms with Gasteiger partial charge in [0.15, 0.2) is 5.75 Å². The third-order valence-corrected chi connectivity index (χ3v) is 0.547. The topological polar surface area (TPSA) is 46.0 Å². The Bertz CT molecular complexity index is 140. The van der Waals surface area contributed by atoms with Gasteiger partial charge in [-0.1, -0.05) is 7.43 Å². The lowest BCUT2D eigenvalue weighted by molar-refractivity contribution is 0.469. The summed E-state index contributed by atoms with van der Waals surface area (Å²) in [6.07, 6.45) is 4.01. The van der Waals surface area contributed by atoms with E-state index in [1.807, 2.05) is 0 Å². The smallest absolute Gasteiger partial charge is 0.152 e. The van der Waals surface area contributed by atoms with E-state index in [1.165, 1.54) is 18.7 Å². The van der Waals surface area contributed by atoms with Gasteiger partial charge in [0, 0.05) is 0 Å². The molecule has 0 bridgehead atoms. The van der Waals surface area contributed by atoms with Crippen molar-refractivity contribution < 1.29 is 5.11 Å². The Morgan fingerprint density at radius 2 is 1.75 bits per heavy atom. The predicted octanol–water partition coefficient (Wildman–Crippen LogP) is 0.818. The van der Waals surface area contributed by atoms with Crippen LogP contribution in [-0.4, -0.2) is 15.1 Å². The standard InChI is InChI=1S/C4H4N2O.CH4/c7-4-1-5-3-6-2-4;/h1-3,7H;1H4. The highest BCUT2D eigenvalue weighted by Crippen LogP contribution is 1.96. The van der Waals surface area contributed by atoms with Crippen LogP contribution in [-0.2, 0) is 0 Å². The van der Waals surface area contributed by atoms with E-state index < -0.39 is 0 Å². The van der Waals surface area contributed by atoms with Crippen LogP contribution in [0, 0.1) is 0 Å². The van der Waals surface area contributed by atoms with E-state index >= 15 is 0 Å². The number of aromatic nitrogens is 2. The third kappa shape index (κ3) is 1.55. The number of nitrogens with zero attached hydrogens (tertiary/aromatic N) is 2. The number of hydrogen-bond donors (Lipinski definition) is 1. The maximum Gasteiger partial charge on any atom is 0.152 e. The molecule has 8 heavy (non-hydrogen) atoms. The van der Waals surface area contributed by atoms with Crippen molar-refractivity contribution in [2.45, 2.75) is 7.43 Å². The Kier molecular flexibility index (Phi) is 2.54. The summed E-state index contributed by atoms with van der Waals surface area (Å²) in [6.45, 7) is 0. The van der Waals surface area contributed by atoms with Crippen LogP contribution in [0.25, 0.3) is 0 Å². The second kappa shape index (κ2) is 2.96. The lowest BCUT2D eigenvalue weighted by atomic mass is 10.6. The largest absolute Gasteiger partial charge is 0.505 e. The van der Waals surface area contributed by atoms with E-state index in [0.29, 0.717) is 0 Å². The van der Waals surface area contributed by atoms with E-state index in [0.717, 1.165) is 0 Å².